The molecule has 1 aromatic carbocycles. The van der Waals surface area contributed by atoms with Crippen molar-refractivity contribution in [3.8, 4) is 0 Å². The summed E-state index contributed by atoms with van der Waals surface area (Å²) in [5.74, 6) is -0.193. The van der Waals surface area contributed by atoms with Crippen LogP contribution < -0.4 is 11.1 Å². The predicted octanol–water partition coefficient (Wildman–Crippen LogP) is 2.51. The van der Waals surface area contributed by atoms with Crippen molar-refractivity contribution < 1.29 is 4.79 Å². The van der Waals surface area contributed by atoms with Gasteiger partial charge >= 0.3 is 0 Å². The summed E-state index contributed by atoms with van der Waals surface area (Å²) in [5.41, 5.74) is 7.61. The van der Waals surface area contributed by atoms with E-state index in [2.05, 4.69) is 10.3 Å². The minimum Gasteiger partial charge on any atom is -0.398 e. The molecule has 0 spiro atoms. The first-order chi connectivity index (χ1) is 9.22. The predicted molar refractivity (Wildman–Crippen MR) is 77.9 cm³/mol. The first-order valence-electron chi connectivity index (χ1n) is 6.27. The van der Waals surface area contributed by atoms with Gasteiger partial charge in [0.25, 0.3) is 5.91 Å². The van der Waals surface area contributed by atoms with Crippen LogP contribution in [0.25, 0.3) is 10.9 Å². The van der Waals surface area contributed by atoms with Crippen molar-refractivity contribution in [1.29, 1.82) is 0 Å². The molecule has 0 fully saturated rings. The number of pyridine rings is 1. The lowest BCUT2D eigenvalue weighted by Gasteiger charge is -2.06. The number of nitrogens with one attached hydrogen (secondary N) is 1. The van der Waals surface area contributed by atoms with Crippen molar-refractivity contribution in [2.45, 2.75) is 13.3 Å². The number of fused-ring (bicyclic) bond motifs is 1. The molecular formula is C15H17N3O. The van der Waals surface area contributed by atoms with Gasteiger partial charge in [0.1, 0.15) is 5.69 Å². The largest absolute Gasteiger partial charge is 0.398 e. The number of nitrogens with zero attached hydrogens (tertiary/aromatic N) is 1. The summed E-state index contributed by atoms with van der Waals surface area (Å²) in [4.78, 5) is 16.3. The molecular weight excluding hydrogens is 238 g/mol. The number of hydrogen-bond donors (Lipinski definition) is 2. The highest BCUT2D eigenvalue weighted by molar-refractivity contribution is 5.99. The Morgan fingerprint density at radius 2 is 2.21 bits per heavy atom. The minimum atomic E-state index is -0.193. The third-order valence-electron chi connectivity index (χ3n) is 2.81. The number of amides is 1. The second-order valence-corrected chi connectivity index (χ2v) is 4.23. The molecule has 0 saturated carbocycles. The van der Waals surface area contributed by atoms with Gasteiger partial charge < -0.3 is 11.1 Å². The Balaban J connectivity index is 2.18. The lowest BCUT2D eigenvalue weighted by molar-refractivity contribution is 0.0950. The van der Waals surface area contributed by atoms with Gasteiger partial charge in [0.2, 0.25) is 0 Å². The van der Waals surface area contributed by atoms with Gasteiger partial charge in [-0.25, -0.2) is 4.98 Å². The molecule has 1 aromatic heterocycles. The topological polar surface area (TPSA) is 68.0 Å². The van der Waals surface area contributed by atoms with Crippen molar-refractivity contribution in [1.82, 2.24) is 10.3 Å². The highest BCUT2D eigenvalue weighted by Gasteiger charge is 2.09. The maximum Gasteiger partial charge on any atom is 0.269 e. The van der Waals surface area contributed by atoms with E-state index in [-0.39, 0.29) is 5.91 Å². The van der Waals surface area contributed by atoms with E-state index in [4.69, 9.17) is 5.73 Å². The number of aromatic nitrogens is 1. The van der Waals surface area contributed by atoms with Gasteiger partial charge in [-0.2, -0.15) is 0 Å². The number of carbonyl (C=O) groups excluding carboxylic acids is 1. The SMILES string of the molecule is C/C=C/CCNC(=O)c1cc(N)c2ccccc2n1. The number of anilines is 1. The molecule has 98 valence electrons. The van der Waals surface area contributed by atoms with Crippen molar-refractivity contribution in [2.75, 3.05) is 12.3 Å². The van der Waals surface area contributed by atoms with Crippen molar-refractivity contribution in [2.24, 2.45) is 0 Å². The Bertz CT molecular complexity index is 620. The van der Waals surface area contributed by atoms with E-state index in [1.807, 2.05) is 43.3 Å². The van der Waals surface area contributed by atoms with Crippen LogP contribution in [0.15, 0.2) is 42.5 Å². The van der Waals surface area contributed by atoms with Gasteiger partial charge in [0.15, 0.2) is 0 Å². The van der Waals surface area contributed by atoms with E-state index in [0.29, 0.717) is 17.9 Å². The van der Waals surface area contributed by atoms with Gasteiger partial charge in [-0.3, -0.25) is 4.79 Å². The zero-order valence-corrected chi connectivity index (χ0v) is 10.9. The van der Waals surface area contributed by atoms with E-state index >= 15 is 0 Å². The number of nitrogen functional groups attached to an aromatic ring is 1. The molecule has 0 atom stereocenters. The molecule has 1 amide bonds. The quantitative estimate of drug-likeness (QED) is 0.651. The number of hydrogen-bond acceptors (Lipinski definition) is 3. The summed E-state index contributed by atoms with van der Waals surface area (Å²) in [6.07, 6.45) is 4.77. The van der Waals surface area contributed by atoms with Crippen LogP contribution in [0, 0.1) is 0 Å². The Labute approximate surface area is 112 Å². The Morgan fingerprint density at radius 1 is 1.42 bits per heavy atom. The zero-order valence-electron chi connectivity index (χ0n) is 10.9. The monoisotopic (exact) mass is 255 g/mol. The Hall–Kier alpha value is -2.36. The molecule has 0 aliphatic carbocycles. The fourth-order valence-corrected chi connectivity index (χ4v) is 1.84. The molecule has 3 N–H and O–H groups in total. The van der Waals surface area contributed by atoms with Gasteiger partial charge in [-0.1, -0.05) is 30.4 Å². The number of carbonyl (C=O) groups is 1. The molecule has 19 heavy (non-hydrogen) atoms. The highest BCUT2D eigenvalue weighted by Crippen LogP contribution is 2.19. The van der Waals surface area contributed by atoms with E-state index < -0.39 is 0 Å². The molecule has 0 aliphatic rings. The lowest BCUT2D eigenvalue weighted by Crippen LogP contribution is -2.25. The number of para-hydroxylation sites is 1. The second kappa shape index (κ2) is 6.00. The fourth-order valence-electron chi connectivity index (χ4n) is 1.84. The van der Waals surface area contributed by atoms with E-state index in [0.717, 1.165) is 17.3 Å². The second-order valence-electron chi connectivity index (χ2n) is 4.23. The summed E-state index contributed by atoms with van der Waals surface area (Å²) in [5, 5.41) is 3.69. The smallest absolute Gasteiger partial charge is 0.269 e. The molecule has 0 bridgehead atoms. The van der Waals surface area contributed by atoms with Crippen LogP contribution in [0.4, 0.5) is 5.69 Å². The van der Waals surface area contributed by atoms with E-state index in [1.165, 1.54) is 0 Å². The summed E-state index contributed by atoms with van der Waals surface area (Å²) in [7, 11) is 0. The van der Waals surface area contributed by atoms with Gasteiger partial charge in [0.05, 0.1) is 5.52 Å². The molecule has 0 saturated heterocycles. The molecule has 1 heterocycles. The number of benzene rings is 1. The molecule has 2 aromatic rings. The van der Waals surface area contributed by atoms with E-state index in [1.54, 1.807) is 6.07 Å². The van der Waals surface area contributed by atoms with Gasteiger partial charge in [0, 0.05) is 17.6 Å². The maximum atomic E-state index is 12.0. The van der Waals surface area contributed by atoms with Gasteiger partial charge in [-0.15, -0.1) is 0 Å². The average molecular weight is 255 g/mol. The summed E-state index contributed by atoms with van der Waals surface area (Å²) in [6, 6.07) is 9.14. The molecule has 4 nitrogen and oxygen atoms in total. The minimum absolute atomic E-state index is 0.193. The molecule has 2 rings (SSSR count). The maximum absolute atomic E-state index is 12.0. The van der Waals surface area contributed by atoms with Crippen molar-refractivity contribution >= 4 is 22.5 Å². The van der Waals surface area contributed by atoms with Crippen molar-refractivity contribution in [3.63, 3.8) is 0 Å². The lowest BCUT2D eigenvalue weighted by atomic mass is 10.1. The first kappa shape index (κ1) is 13.1. The van der Waals surface area contributed by atoms with Crippen molar-refractivity contribution in [3.05, 3.63) is 48.2 Å². The Morgan fingerprint density at radius 3 is 3.00 bits per heavy atom. The third kappa shape index (κ3) is 3.10. The van der Waals surface area contributed by atoms with Crippen LogP contribution in [0.1, 0.15) is 23.8 Å². The standard InChI is InChI=1S/C15H17N3O/c1-2-3-6-9-17-15(19)14-10-12(16)11-7-4-5-8-13(11)18-14/h2-5,7-8,10H,6,9H2,1H3,(H2,16,18)(H,17,19)/b3-2+. The summed E-state index contributed by atoms with van der Waals surface area (Å²) < 4.78 is 0. The van der Waals surface area contributed by atoms with Crippen LogP contribution in [-0.4, -0.2) is 17.4 Å². The molecule has 0 radical (unpaired) electrons. The first-order valence-corrected chi connectivity index (χ1v) is 6.27. The molecule has 4 heteroatoms. The fraction of sp³-hybridized carbons (Fsp3) is 0.200. The summed E-state index contributed by atoms with van der Waals surface area (Å²) in [6.45, 7) is 2.55. The van der Waals surface area contributed by atoms with Crippen LogP contribution in [-0.2, 0) is 0 Å². The highest BCUT2D eigenvalue weighted by atomic mass is 16.1. The zero-order chi connectivity index (χ0) is 13.7. The van der Waals surface area contributed by atoms with Gasteiger partial charge in [-0.05, 0) is 25.5 Å². The van der Waals surface area contributed by atoms with Crippen LogP contribution in [0.5, 0.6) is 0 Å². The Kier molecular flexibility index (Phi) is 4.13. The number of allylic oxidation sites excluding steroid dienone is 1. The van der Waals surface area contributed by atoms with E-state index in [9.17, 15) is 4.79 Å². The normalized spacial score (nSPS) is 11.0. The van der Waals surface area contributed by atoms with Crippen LogP contribution in [0.2, 0.25) is 0 Å². The summed E-state index contributed by atoms with van der Waals surface area (Å²) >= 11 is 0. The number of rotatable bonds is 4. The molecule has 0 unspecified atom stereocenters. The third-order valence-corrected chi connectivity index (χ3v) is 2.81. The average Bonchev–Trinajstić information content (AvgIpc) is 2.43. The van der Waals surface area contributed by atoms with Crippen LogP contribution >= 0.6 is 0 Å². The molecule has 0 aliphatic heterocycles. The number of nitrogens with two attached hydrogens (primary N) is 1. The van der Waals surface area contributed by atoms with Crippen LogP contribution in [0.3, 0.4) is 0 Å².